The Labute approximate surface area is 165 Å². The molecule has 1 aromatic heterocycles. The van der Waals surface area contributed by atoms with Gasteiger partial charge in [-0.05, 0) is 80.6 Å². The molecule has 0 amide bonds. The van der Waals surface area contributed by atoms with Crippen molar-refractivity contribution in [3.05, 3.63) is 58.4 Å². The Morgan fingerprint density at radius 3 is 2.52 bits per heavy atom. The first-order valence-corrected chi connectivity index (χ1v) is 9.92. The summed E-state index contributed by atoms with van der Waals surface area (Å²) < 4.78 is 8.09. The molecule has 0 aliphatic carbocycles. The van der Waals surface area contributed by atoms with E-state index in [1.807, 2.05) is 24.3 Å². The molecule has 5 heteroatoms. The van der Waals surface area contributed by atoms with E-state index < -0.39 is 0 Å². The fourth-order valence-corrected chi connectivity index (χ4v) is 3.33. The van der Waals surface area contributed by atoms with Gasteiger partial charge in [-0.15, -0.1) is 0 Å². The van der Waals surface area contributed by atoms with Crippen LogP contribution in [0.5, 0.6) is 5.75 Å². The van der Waals surface area contributed by atoms with Crippen LogP contribution >= 0.6 is 11.6 Å². The number of nitrogens with zero attached hydrogens (tertiary/aromatic N) is 2. The standard InChI is InChI=1S/C22H27ClN2O2/c1-16-14-20-21(15-17(16)2)25(22(24-20)6-5-12-26)11-3-4-13-27-19-9-7-18(23)8-10-19/h7-10,14-15,26H,3-6,11-13H2,1-2H3. The number of aromatic nitrogens is 2. The Morgan fingerprint density at radius 1 is 1.04 bits per heavy atom. The third-order valence-corrected chi connectivity index (χ3v) is 5.11. The molecular formula is C22H27ClN2O2. The lowest BCUT2D eigenvalue weighted by Crippen LogP contribution is -2.07. The average molecular weight is 387 g/mol. The van der Waals surface area contributed by atoms with Gasteiger partial charge in [-0.3, -0.25) is 0 Å². The highest BCUT2D eigenvalue weighted by Gasteiger charge is 2.11. The van der Waals surface area contributed by atoms with Crippen LogP contribution in [0.4, 0.5) is 0 Å². The molecule has 0 bridgehead atoms. The van der Waals surface area contributed by atoms with Gasteiger partial charge in [-0.1, -0.05) is 11.6 Å². The zero-order valence-corrected chi connectivity index (χ0v) is 16.8. The van der Waals surface area contributed by atoms with E-state index in [0.29, 0.717) is 6.61 Å². The SMILES string of the molecule is Cc1cc2nc(CCCO)n(CCCCOc3ccc(Cl)cc3)c2cc1C. The van der Waals surface area contributed by atoms with Crippen LogP contribution in [0.15, 0.2) is 36.4 Å². The van der Waals surface area contributed by atoms with E-state index in [2.05, 4.69) is 30.5 Å². The molecule has 0 atom stereocenters. The van der Waals surface area contributed by atoms with Gasteiger partial charge >= 0.3 is 0 Å². The van der Waals surface area contributed by atoms with Gasteiger partial charge < -0.3 is 14.4 Å². The summed E-state index contributed by atoms with van der Waals surface area (Å²) in [6, 6.07) is 11.9. The fourth-order valence-electron chi connectivity index (χ4n) is 3.20. The van der Waals surface area contributed by atoms with Crippen molar-refractivity contribution in [2.75, 3.05) is 13.2 Å². The first-order valence-electron chi connectivity index (χ1n) is 9.54. The molecule has 0 aliphatic rings. The monoisotopic (exact) mass is 386 g/mol. The molecule has 0 unspecified atom stereocenters. The first kappa shape index (κ1) is 19.7. The van der Waals surface area contributed by atoms with E-state index in [0.717, 1.165) is 54.3 Å². The predicted octanol–water partition coefficient (Wildman–Crippen LogP) is 5.09. The number of ether oxygens (including phenoxy) is 1. The Bertz CT molecular complexity index is 887. The van der Waals surface area contributed by atoms with Crippen LogP contribution in [0.25, 0.3) is 11.0 Å². The molecule has 3 aromatic rings. The Kier molecular flexibility index (Phi) is 6.75. The molecule has 2 aromatic carbocycles. The Balaban J connectivity index is 1.63. The fraction of sp³-hybridized carbons (Fsp3) is 0.409. The van der Waals surface area contributed by atoms with Gasteiger partial charge in [-0.25, -0.2) is 4.98 Å². The highest BCUT2D eigenvalue weighted by Crippen LogP contribution is 2.22. The van der Waals surface area contributed by atoms with E-state index in [1.165, 1.54) is 16.6 Å². The van der Waals surface area contributed by atoms with E-state index in [4.69, 9.17) is 21.3 Å². The van der Waals surface area contributed by atoms with Crippen LogP contribution in [-0.4, -0.2) is 27.9 Å². The van der Waals surface area contributed by atoms with Crippen LogP contribution in [0.3, 0.4) is 0 Å². The van der Waals surface area contributed by atoms with Gasteiger partial charge in [0, 0.05) is 24.6 Å². The summed E-state index contributed by atoms with van der Waals surface area (Å²) in [7, 11) is 0. The zero-order chi connectivity index (χ0) is 19.2. The number of rotatable bonds is 9. The number of aliphatic hydroxyl groups is 1. The van der Waals surface area contributed by atoms with Crippen LogP contribution in [0, 0.1) is 13.8 Å². The third kappa shape index (κ3) is 5.02. The molecule has 27 heavy (non-hydrogen) atoms. The van der Waals surface area contributed by atoms with Crippen molar-refractivity contribution in [3.63, 3.8) is 0 Å². The largest absolute Gasteiger partial charge is 0.494 e. The minimum absolute atomic E-state index is 0.191. The van der Waals surface area contributed by atoms with Crippen molar-refractivity contribution in [3.8, 4) is 5.75 Å². The minimum atomic E-state index is 0.191. The molecular weight excluding hydrogens is 360 g/mol. The van der Waals surface area contributed by atoms with E-state index in [1.54, 1.807) is 0 Å². The molecule has 4 nitrogen and oxygen atoms in total. The Morgan fingerprint density at radius 2 is 1.78 bits per heavy atom. The normalized spacial score (nSPS) is 11.3. The maximum atomic E-state index is 9.19. The highest BCUT2D eigenvalue weighted by atomic mass is 35.5. The number of hydrogen-bond donors (Lipinski definition) is 1. The van der Waals surface area contributed by atoms with Gasteiger partial charge in [0.1, 0.15) is 11.6 Å². The van der Waals surface area contributed by atoms with Crippen molar-refractivity contribution in [2.24, 2.45) is 0 Å². The van der Waals surface area contributed by atoms with Crippen LogP contribution in [0.1, 0.15) is 36.2 Å². The van der Waals surface area contributed by atoms with Crippen LogP contribution < -0.4 is 4.74 Å². The molecule has 0 radical (unpaired) electrons. The second kappa shape index (κ2) is 9.25. The van der Waals surface area contributed by atoms with Gasteiger partial charge in [0.25, 0.3) is 0 Å². The molecule has 0 spiro atoms. The minimum Gasteiger partial charge on any atom is -0.494 e. The van der Waals surface area contributed by atoms with Crippen molar-refractivity contribution in [1.82, 2.24) is 9.55 Å². The van der Waals surface area contributed by atoms with Crippen LogP contribution in [0.2, 0.25) is 5.02 Å². The van der Waals surface area contributed by atoms with Gasteiger partial charge in [0.05, 0.1) is 17.6 Å². The summed E-state index contributed by atoms with van der Waals surface area (Å²) >= 11 is 5.89. The zero-order valence-electron chi connectivity index (χ0n) is 16.0. The topological polar surface area (TPSA) is 47.3 Å². The van der Waals surface area contributed by atoms with E-state index >= 15 is 0 Å². The van der Waals surface area contributed by atoms with Gasteiger partial charge in [0.2, 0.25) is 0 Å². The average Bonchev–Trinajstić information content (AvgIpc) is 2.98. The number of imidazole rings is 1. The van der Waals surface area contributed by atoms with Crippen molar-refractivity contribution >= 4 is 22.6 Å². The van der Waals surface area contributed by atoms with E-state index in [-0.39, 0.29) is 6.61 Å². The molecule has 0 fully saturated rings. The van der Waals surface area contributed by atoms with E-state index in [9.17, 15) is 5.11 Å². The number of benzene rings is 2. The number of fused-ring (bicyclic) bond motifs is 1. The first-order chi connectivity index (χ1) is 13.1. The highest BCUT2D eigenvalue weighted by molar-refractivity contribution is 6.30. The predicted molar refractivity (Wildman–Crippen MR) is 111 cm³/mol. The molecule has 0 saturated heterocycles. The van der Waals surface area contributed by atoms with Crippen molar-refractivity contribution in [2.45, 2.75) is 46.1 Å². The van der Waals surface area contributed by atoms with Crippen molar-refractivity contribution < 1.29 is 9.84 Å². The Hall–Kier alpha value is -2.04. The van der Waals surface area contributed by atoms with Crippen LogP contribution in [-0.2, 0) is 13.0 Å². The number of unbranched alkanes of at least 4 members (excludes halogenated alkanes) is 1. The maximum absolute atomic E-state index is 9.19. The second-order valence-corrected chi connectivity index (χ2v) is 7.38. The summed E-state index contributed by atoms with van der Waals surface area (Å²) in [5.41, 5.74) is 4.77. The molecule has 144 valence electrons. The molecule has 1 N–H and O–H groups in total. The summed E-state index contributed by atoms with van der Waals surface area (Å²) in [6.45, 7) is 6.03. The number of aryl methyl sites for hydroxylation is 4. The molecule has 1 heterocycles. The maximum Gasteiger partial charge on any atom is 0.119 e. The number of aliphatic hydroxyl groups excluding tert-OH is 1. The number of hydrogen-bond acceptors (Lipinski definition) is 3. The lowest BCUT2D eigenvalue weighted by Gasteiger charge is -2.11. The summed E-state index contributed by atoms with van der Waals surface area (Å²) in [6.07, 6.45) is 3.51. The summed E-state index contributed by atoms with van der Waals surface area (Å²) in [5.74, 6) is 1.91. The second-order valence-electron chi connectivity index (χ2n) is 6.94. The summed E-state index contributed by atoms with van der Waals surface area (Å²) in [4.78, 5) is 4.81. The van der Waals surface area contributed by atoms with Crippen molar-refractivity contribution in [1.29, 1.82) is 0 Å². The molecule has 0 aliphatic heterocycles. The molecule has 3 rings (SSSR count). The lowest BCUT2D eigenvalue weighted by molar-refractivity contribution is 0.286. The third-order valence-electron chi connectivity index (χ3n) is 4.86. The lowest BCUT2D eigenvalue weighted by atomic mass is 10.1. The van der Waals surface area contributed by atoms with Gasteiger partial charge in [-0.2, -0.15) is 0 Å². The quantitative estimate of drug-likeness (QED) is 0.521. The smallest absolute Gasteiger partial charge is 0.119 e. The number of halogens is 1. The summed E-state index contributed by atoms with van der Waals surface area (Å²) in [5, 5.41) is 9.91. The van der Waals surface area contributed by atoms with Gasteiger partial charge in [0.15, 0.2) is 0 Å². The molecule has 0 saturated carbocycles.